The molecule has 2 aromatic rings. The second-order valence-corrected chi connectivity index (χ2v) is 5.75. The second-order valence-electron chi connectivity index (χ2n) is 4.72. The maximum atomic E-state index is 11.5. The Balaban J connectivity index is 1.55. The Labute approximate surface area is 147 Å². The molecule has 0 aliphatic rings. The van der Waals surface area contributed by atoms with Gasteiger partial charge in [-0.15, -0.1) is 11.3 Å². The number of hydrogen-bond donors (Lipinski definition) is 3. The quantitative estimate of drug-likeness (QED) is 0.596. The lowest BCUT2D eigenvalue weighted by Gasteiger charge is -2.07. The predicted octanol–water partition coefficient (Wildman–Crippen LogP) is 0.909. The largest absolute Gasteiger partial charge is 0.456 e. The van der Waals surface area contributed by atoms with Crippen LogP contribution in [0.25, 0.3) is 0 Å². The van der Waals surface area contributed by atoms with Gasteiger partial charge in [-0.2, -0.15) is 0 Å². The molecule has 2 aromatic heterocycles. The minimum atomic E-state index is -0.698. The van der Waals surface area contributed by atoms with Crippen molar-refractivity contribution < 1.29 is 19.1 Å². The van der Waals surface area contributed by atoms with Crippen LogP contribution in [0.15, 0.2) is 36.0 Å². The van der Waals surface area contributed by atoms with Gasteiger partial charge in [0.1, 0.15) is 0 Å². The lowest BCUT2D eigenvalue weighted by atomic mass is 10.4. The number of hydrogen-bond acceptors (Lipinski definition) is 8. The van der Waals surface area contributed by atoms with Crippen molar-refractivity contribution >= 4 is 35.2 Å². The minimum Gasteiger partial charge on any atom is -0.456 e. The van der Waals surface area contributed by atoms with Crippen LogP contribution in [0.1, 0.15) is 11.3 Å². The van der Waals surface area contributed by atoms with Crippen molar-refractivity contribution in [3.63, 3.8) is 0 Å². The standard InChI is InChI=1S/C15H17N5O4S/c21-12(20-15(23)19-9-11-3-1-8-25-11)10-24-13(22)4-7-18-14-16-5-2-6-17-14/h1-3,5-6,8H,4,7,9-10H2,(H,16,17,18)(H2,19,20,21,23). The number of ether oxygens (including phenoxy) is 1. The van der Waals surface area contributed by atoms with Crippen LogP contribution >= 0.6 is 11.3 Å². The fourth-order valence-corrected chi connectivity index (χ4v) is 2.32. The summed E-state index contributed by atoms with van der Waals surface area (Å²) in [4.78, 5) is 43.4. The fourth-order valence-electron chi connectivity index (χ4n) is 1.67. The Morgan fingerprint density at radius 1 is 1.16 bits per heavy atom. The summed E-state index contributed by atoms with van der Waals surface area (Å²) >= 11 is 1.49. The smallest absolute Gasteiger partial charge is 0.321 e. The van der Waals surface area contributed by atoms with E-state index in [9.17, 15) is 14.4 Å². The van der Waals surface area contributed by atoms with Crippen LogP contribution in [0.3, 0.4) is 0 Å². The molecule has 0 saturated carbocycles. The average molecular weight is 363 g/mol. The fraction of sp³-hybridized carbons (Fsp3) is 0.267. The molecule has 3 N–H and O–H groups in total. The van der Waals surface area contributed by atoms with Crippen LogP contribution in [0.4, 0.5) is 10.7 Å². The number of carbonyl (C=O) groups is 3. The van der Waals surface area contributed by atoms with Crippen LogP contribution in [0, 0.1) is 0 Å². The van der Waals surface area contributed by atoms with Crippen LogP contribution in [-0.4, -0.2) is 41.0 Å². The zero-order valence-electron chi connectivity index (χ0n) is 13.2. The summed E-state index contributed by atoms with van der Waals surface area (Å²) in [6.45, 7) is 0.0721. The molecule has 0 bridgehead atoms. The normalized spacial score (nSPS) is 9.92. The number of aromatic nitrogens is 2. The Kier molecular flexibility index (Phi) is 7.32. The van der Waals surface area contributed by atoms with Gasteiger partial charge in [0, 0.05) is 23.8 Å². The van der Waals surface area contributed by atoms with E-state index in [-0.39, 0.29) is 13.0 Å². The summed E-state index contributed by atoms with van der Waals surface area (Å²) in [5.41, 5.74) is 0. The third-order valence-corrected chi connectivity index (χ3v) is 3.67. The SMILES string of the molecule is O=C(COC(=O)CCNc1ncccn1)NC(=O)NCc1cccs1. The summed E-state index contributed by atoms with van der Waals surface area (Å²) in [6.07, 6.45) is 3.18. The summed E-state index contributed by atoms with van der Waals surface area (Å²) < 4.78 is 4.78. The first kappa shape index (κ1) is 18.3. The summed E-state index contributed by atoms with van der Waals surface area (Å²) in [6, 6.07) is 4.76. The highest BCUT2D eigenvalue weighted by molar-refractivity contribution is 7.09. The molecule has 0 aliphatic heterocycles. The zero-order chi connectivity index (χ0) is 17.9. The second kappa shape index (κ2) is 9.98. The molecule has 3 amide bonds. The van der Waals surface area contributed by atoms with Gasteiger partial charge in [-0.3, -0.25) is 14.9 Å². The topological polar surface area (TPSA) is 122 Å². The van der Waals surface area contributed by atoms with E-state index >= 15 is 0 Å². The van der Waals surface area contributed by atoms with Gasteiger partial charge in [0.05, 0.1) is 13.0 Å². The molecule has 25 heavy (non-hydrogen) atoms. The van der Waals surface area contributed by atoms with Gasteiger partial charge in [0.2, 0.25) is 5.95 Å². The van der Waals surface area contributed by atoms with Crippen molar-refractivity contribution in [2.75, 3.05) is 18.5 Å². The zero-order valence-corrected chi connectivity index (χ0v) is 14.0. The molecule has 0 aromatic carbocycles. The van der Waals surface area contributed by atoms with Crippen molar-refractivity contribution in [3.05, 3.63) is 40.8 Å². The molecule has 2 rings (SSSR count). The average Bonchev–Trinajstić information content (AvgIpc) is 3.13. The monoisotopic (exact) mass is 363 g/mol. The van der Waals surface area contributed by atoms with E-state index in [1.54, 1.807) is 18.5 Å². The van der Waals surface area contributed by atoms with Crippen LogP contribution < -0.4 is 16.0 Å². The van der Waals surface area contributed by atoms with Crippen molar-refractivity contribution in [1.82, 2.24) is 20.6 Å². The van der Waals surface area contributed by atoms with Crippen LogP contribution in [0.5, 0.6) is 0 Å². The molecule has 2 heterocycles. The first-order chi connectivity index (χ1) is 12.1. The summed E-state index contributed by atoms with van der Waals surface area (Å²) in [5, 5.41) is 9.34. The molecule has 0 saturated heterocycles. The van der Waals surface area contributed by atoms with E-state index in [0.717, 1.165) is 4.88 Å². The summed E-state index contributed by atoms with van der Waals surface area (Å²) in [5.74, 6) is -0.871. The molecular weight excluding hydrogens is 346 g/mol. The van der Waals surface area contributed by atoms with E-state index in [4.69, 9.17) is 4.74 Å². The van der Waals surface area contributed by atoms with Gasteiger partial charge in [-0.1, -0.05) is 6.07 Å². The van der Waals surface area contributed by atoms with Gasteiger partial charge < -0.3 is 15.4 Å². The summed E-state index contributed by atoms with van der Waals surface area (Å²) in [7, 11) is 0. The van der Waals surface area contributed by atoms with Gasteiger partial charge in [-0.25, -0.2) is 14.8 Å². The first-order valence-corrected chi connectivity index (χ1v) is 8.28. The number of urea groups is 1. The van der Waals surface area contributed by atoms with Crippen molar-refractivity contribution in [3.8, 4) is 0 Å². The van der Waals surface area contributed by atoms with E-state index in [1.165, 1.54) is 11.3 Å². The third kappa shape index (κ3) is 7.40. The maximum Gasteiger partial charge on any atom is 0.321 e. The highest BCUT2D eigenvalue weighted by atomic mass is 32.1. The predicted molar refractivity (Wildman–Crippen MR) is 90.8 cm³/mol. The first-order valence-electron chi connectivity index (χ1n) is 7.40. The Morgan fingerprint density at radius 3 is 2.68 bits per heavy atom. The molecule has 10 heteroatoms. The van der Waals surface area contributed by atoms with E-state index in [1.807, 2.05) is 17.5 Å². The van der Waals surface area contributed by atoms with Gasteiger partial charge in [0.25, 0.3) is 5.91 Å². The number of anilines is 1. The van der Waals surface area contributed by atoms with E-state index < -0.39 is 24.5 Å². The highest BCUT2D eigenvalue weighted by Crippen LogP contribution is 2.06. The van der Waals surface area contributed by atoms with Crippen LogP contribution in [0.2, 0.25) is 0 Å². The van der Waals surface area contributed by atoms with E-state index in [0.29, 0.717) is 12.5 Å². The Hall–Kier alpha value is -3.01. The maximum absolute atomic E-state index is 11.5. The Bertz CT molecular complexity index is 693. The number of thiophene rings is 1. The number of esters is 1. The number of rotatable bonds is 8. The number of nitrogens with one attached hydrogen (secondary N) is 3. The molecular formula is C15H17N5O4S. The van der Waals surface area contributed by atoms with Crippen molar-refractivity contribution in [1.29, 1.82) is 0 Å². The molecule has 0 fully saturated rings. The van der Waals surface area contributed by atoms with Crippen molar-refractivity contribution in [2.45, 2.75) is 13.0 Å². The molecule has 0 atom stereocenters. The highest BCUT2D eigenvalue weighted by Gasteiger charge is 2.11. The van der Waals surface area contributed by atoms with Crippen LogP contribution in [-0.2, 0) is 20.9 Å². The molecule has 0 aliphatic carbocycles. The molecule has 0 unspecified atom stereocenters. The number of imide groups is 1. The third-order valence-electron chi connectivity index (χ3n) is 2.80. The minimum absolute atomic E-state index is 0.0378. The number of nitrogens with zero attached hydrogens (tertiary/aromatic N) is 2. The Morgan fingerprint density at radius 2 is 1.96 bits per heavy atom. The lowest BCUT2D eigenvalue weighted by Crippen LogP contribution is -2.41. The number of carbonyl (C=O) groups excluding carboxylic acids is 3. The number of amides is 3. The lowest BCUT2D eigenvalue weighted by molar-refractivity contribution is -0.148. The van der Waals surface area contributed by atoms with Gasteiger partial charge in [0.15, 0.2) is 6.61 Å². The molecule has 0 spiro atoms. The molecule has 132 valence electrons. The molecule has 9 nitrogen and oxygen atoms in total. The van der Waals surface area contributed by atoms with Crippen molar-refractivity contribution in [2.24, 2.45) is 0 Å². The van der Waals surface area contributed by atoms with Gasteiger partial charge in [-0.05, 0) is 17.5 Å². The molecule has 0 radical (unpaired) electrons. The van der Waals surface area contributed by atoms with Gasteiger partial charge >= 0.3 is 12.0 Å². The van der Waals surface area contributed by atoms with E-state index in [2.05, 4.69) is 25.9 Å².